The van der Waals surface area contributed by atoms with Gasteiger partial charge in [0.05, 0.1) is 0 Å². The van der Waals surface area contributed by atoms with Crippen LogP contribution in [0, 0.1) is 5.41 Å². The van der Waals surface area contributed by atoms with Crippen LogP contribution < -0.4 is 11.1 Å². The lowest BCUT2D eigenvalue weighted by Crippen LogP contribution is -2.35. The van der Waals surface area contributed by atoms with Crippen LogP contribution in [0.15, 0.2) is 0 Å². The summed E-state index contributed by atoms with van der Waals surface area (Å²) < 4.78 is 0. The van der Waals surface area contributed by atoms with Gasteiger partial charge in [0.15, 0.2) is 6.10 Å². The monoisotopic (exact) mass is 260 g/mol. The fourth-order valence-corrected chi connectivity index (χ4v) is 1.64. The zero-order chi connectivity index (χ0) is 14.3. The molecule has 0 aliphatic heterocycles. The van der Waals surface area contributed by atoms with E-state index >= 15 is 0 Å². The van der Waals surface area contributed by atoms with Crippen molar-refractivity contribution in [3.63, 3.8) is 0 Å². The fourth-order valence-electron chi connectivity index (χ4n) is 1.64. The average Bonchev–Trinajstić information content (AvgIpc) is 2.13. The molecule has 1 amide bonds. The van der Waals surface area contributed by atoms with Crippen molar-refractivity contribution in [1.29, 1.82) is 0 Å². The smallest absolute Gasteiger partial charge is 0.332 e. The van der Waals surface area contributed by atoms with E-state index in [-0.39, 0.29) is 36.8 Å². The minimum absolute atomic E-state index is 0.00438. The molecule has 5 N–H and O–H groups in total. The number of nitrogens with one attached hydrogen (secondary N) is 1. The van der Waals surface area contributed by atoms with Gasteiger partial charge in [-0.15, -0.1) is 0 Å². The molecule has 0 bridgehead atoms. The lowest BCUT2D eigenvalue weighted by atomic mass is 9.87. The molecular weight excluding hydrogens is 236 g/mol. The summed E-state index contributed by atoms with van der Waals surface area (Å²) in [6.07, 6.45) is -0.498. The molecule has 0 heterocycles. The van der Waals surface area contributed by atoms with E-state index < -0.39 is 12.1 Å². The van der Waals surface area contributed by atoms with Gasteiger partial charge in [-0.25, -0.2) is 4.79 Å². The van der Waals surface area contributed by atoms with Crippen molar-refractivity contribution in [2.45, 2.75) is 52.2 Å². The van der Waals surface area contributed by atoms with Crippen molar-refractivity contribution < 1.29 is 19.8 Å². The Bertz CT molecular complexity index is 286. The molecule has 6 nitrogen and oxygen atoms in total. The van der Waals surface area contributed by atoms with Gasteiger partial charge in [-0.2, -0.15) is 0 Å². The van der Waals surface area contributed by atoms with Crippen LogP contribution in [0.4, 0.5) is 0 Å². The van der Waals surface area contributed by atoms with Gasteiger partial charge in [0.1, 0.15) is 0 Å². The van der Waals surface area contributed by atoms with Gasteiger partial charge in [0, 0.05) is 25.4 Å². The number of aliphatic hydroxyl groups is 1. The van der Waals surface area contributed by atoms with E-state index in [0.717, 1.165) is 6.42 Å². The molecule has 2 unspecified atom stereocenters. The first-order chi connectivity index (χ1) is 8.11. The van der Waals surface area contributed by atoms with E-state index in [0.29, 0.717) is 0 Å². The lowest BCUT2D eigenvalue weighted by Gasteiger charge is -2.22. The summed E-state index contributed by atoms with van der Waals surface area (Å²) in [5, 5.41) is 20.0. The molecule has 0 aliphatic rings. The number of carbonyl (C=O) groups is 2. The summed E-state index contributed by atoms with van der Waals surface area (Å²) in [5.74, 6) is -1.50. The molecule has 6 heteroatoms. The minimum Gasteiger partial charge on any atom is -0.479 e. The summed E-state index contributed by atoms with van der Waals surface area (Å²) in [4.78, 5) is 21.8. The minimum atomic E-state index is -1.44. The summed E-state index contributed by atoms with van der Waals surface area (Å²) in [5.41, 5.74) is 5.90. The van der Waals surface area contributed by atoms with Gasteiger partial charge in [0.25, 0.3) is 0 Å². The molecule has 106 valence electrons. The van der Waals surface area contributed by atoms with Gasteiger partial charge < -0.3 is 21.3 Å². The van der Waals surface area contributed by atoms with Crippen molar-refractivity contribution >= 4 is 11.9 Å². The molecule has 0 saturated carbocycles. The SMILES string of the molecule is CC(C)(C)CC(N)CC(=O)NCCC(O)C(=O)O. The molecule has 0 aromatic rings. The van der Waals surface area contributed by atoms with Crippen LogP contribution in [0.25, 0.3) is 0 Å². The van der Waals surface area contributed by atoms with Crippen molar-refractivity contribution in [3.05, 3.63) is 0 Å². The number of carboxylic acid groups (broad SMARTS) is 1. The van der Waals surface area contributed by atoms with E-state index in [1.165, 1.54) is 0 Å². The molecule has 0 fully saturated rings. The van der Waals surface area contributed by atoms with Crippen LogP contribution in [-0.4, -0.2) is 40.8 Å². The average molecular weight is 260 g/mol. The second kappa shape index (κ2) is 7.33. The number of carbonyl (C=O) groups excluding carboxylic acids is 1. The van der Waals surface area contributed by atoms with E-state index in [4.69, 9.17) is 15.9 Å². The molecule has 0 aromatic heterocycles. The largest absolute Gasteiger partial charge is 0.479 e. The number of aliphatic hydroxyl groups excluding tert-OH is 1. The maximum absolute atomic E-state index is 11.5. The molecule has 0 radical (unpaired) electrons. The standard InChI is InChI=1S/C12H24N2O4/c1-12(2,3)7-8(13)6-10(16)14-5-4-9(15)11(17)18/h8-9,15H,4-7,13H2,1-3H3,(H,14,16)(H,17,18). The summed E-state index contributed by atoms with van der Waals surface area (Å²) in [7, 11) is 0. The Morgan fingerprint density at radius 2 is 1.89 bits per heavy atom. The Balaban J connectivity index is 3.81. The quantitative estimate of drug-likeness (QED) is 0.518. The van der Waals surface area contributed by atoms with Gasteiger partial charge >= 0.3 is 5.97 Å². The van der Waals surface area contributed by atoms with Crippen molar-refractivity contribution in [3.8, 4) is 0 Å². The number of nitrogens with two attached hydrogens (primary N) is 1. The number of carboxylic acids is 1. The van der Waals surface area contributed by atoms with Crippen LogP contribution in [0.5, 0.6) is 0 Å². The summed E-state index contributed by atoms with van der Waals surface area (Å²) in [6, 6.07) is -0.214. The van der Waals surface area contributed by atoms with Crippen LogP contribution in [0.1, 0.15) is 40.0 Å². The predicted octanol–water partition coefficient (Wildman–Crippen LogP) is 0.0918. The topological polar surface area (TPSA) is 113 Å². The molecule has 0 aromatic carbocycles. The maximum Gasteiger partial charge on any atom is 0.332 e. The highest BCUT2D eigenvalue weighted by atomic mass is 16.4. The number of amides is 1. The Labute approximate surface area is 108 Å². The first-order valence-electron chi connectivity index (χ1n) is 6.05. The number of aliphatic carboxylic acids is 1. The van der Waals surface area contributed by atoms with Crippen LogP contribution in [0.3, 0.4) is 0 Å². The van der Waals surface area contributed by atoms with Crippen LogP contribution in [0.2, 0.25) is 0 Å². The molecule has 0 rings (SSSR count). The first kappa shape index (κ1) is 16.9. The Morgan fingerprint density at radius 1 is 1.33 bits per heavy atom. The van der Waals surface area contributed by atoms with Gasteiger partial charge in [-0.1, -0.05) is 20.8 Å². The van der Waals surface area contributed by atoms with E-state index in [1.807, 2.05) is 20.8 Å². The third kappa shape index (κ3) is 8.95. The molecule has 0 saturated heterocycles. The fraction of sp³-hybridized carbons (Fsp3) is 0.833. The Hall–Kier alpha value is -1.14. The normalized spacial score (nSPS) is 14.9. The summed E-state index contributed by atoms with van der Waals surface area (Å²) in [6.45, 7) is 6.28. The second-order valence-electron chi connectivity index (χ2n) is 5.72. The summed E-state index contributed by atoms with van der Waals surface area (Å²) >= 11 is 0. The highest BCUT2D eigenvalue weighted by Crippen LogP contribution is 2.20. The molecule has 2 atom stereocenters. The molecule has 0 spiro atoms. The second-order valence-corrected chi connectivity index (χ2v) is 5.72. The lowest BCUT2D eigenvalue weighted by molar-refractivity contribution is -0.147. The third-order valence-electron chi connectivity index (χ3n) is 2.35. The van der Waals surface area contributed by atoms with E-state index in [9.17, 15) is 9.59 Å². The first-order valence-corrected chi connectivity index (χ1v) is 6.05. The van der Waals surface area contributed by atoms with E-state index in [2.05, 4.69) is 5.32 Å². The number of rotatable bonds is 7. The maximum atomic E-state index is 11.5. The van der Waals surface area contributed by atoms with Crippen molar-refractivity contribution in [1.82, 2.24) is 5.32 Å². The van der Waals surface area contributed by atoms with Crippen molar-refractivity contribution in [2.24, 2.45) is 11.1 Å². The van der Waals surface area contributed by atoms with Crippen LogP contribution in [-0.2, 0) is 9.59 Å². The third-order valence-corrected chi connectivity index (χ3v) is 2.35. The number of hydrogen-bond donors (Lipinski definition) is 4. The van der Waals surface area contributed by atoms with Gasteiger partial charge in [0.2, 0.25) is 5.91 Å². The van der Waals surface area contributed by atoms with Gasteiger partial charge in [-0.3, -0.25) is 4.79 Å². The zero-order valence-corrected chi connectivity index (χ0v) is 11.3. The zero-order valence-electron chi connectivity index (χ0n) is 11.3. The predicted molar refractivity (Wildman–Crippen MR) is 67.9 cm³/mol. The number of hydrogen-bond acceptors (Lipinski definition) is 4. The Morgan fingerprint density at radius 3 is 2.33 bits per heavy atom. The highest BCUT2D eigenvalue weighted by molar-refractivity contribution is 5.76. The molecular formula is C12H24N2O4. The van der Waals surface area contributed by atoms with Crippen molar-refractivity contribution in [2.75, 3.05) is 6.54 Å². The molecule has 0 aliphatic carbocycles. The highest BCUT2D eigenvalue weighted by Gasteiger charge is 2.18. The Kier molecular flexibility index (Phi) is 6.86. The van der Waals surface area contributed by atoms with E-state index in [1.54, 1.807) is 0 Å². The van der Waals surface area contributed by atoms with Gasteiger partial charge in [-0.05, 0) is 11.8 Å². The van der Waals surface area contributed by atoms with Crippen LogP contribution >= 0.6 is 0 Å². The molecule has 18 heavy (non-hydrogen) atoms.